The Bertz CT molecular complexity index is 1150. The number of fused-ring (bicyclic) bond motifs is 2. The molecule has 2 aliphatic rings. The van der Waals surface area contributed by atoms with E-state index in [2.05, 4.69) is 24.5 Å². The number of esters is 2. The predicted octanol–water partition coefficient (Wildman–Crippen LogP) is 6.16. The molecule has 0 radical (unpaired) electrons. The van der Waals surface area contributed by atoms with Crippen LogP contribution in [0.4, 0.5) is 10.0 Å². The maximum Gasteiger partial charge on any atom is 0.341 e. The number of amides is 2. The van der Waals surface area contributed by atoms with Crippen molar-refractivity contribution in [2.24, 2.45) is 11.8 Å². The van der Waals surface area contributed by atoms with Gasteiger partial charge < -0.3 is 20.1 Å². The average molecular weight is 575 g/mol. The van der Waals surface area contributed by atoms with Crippen molar-refractivity contribution in [2.75, 3.05) is 23.8 Å². The van der Waals surface area contributed by atoms with E-state index in [1.807, 2.05) is 0 Å². The number of carbonyl (C=O) groups excluding carboxylic acids is 4. The number of thiophene rings is 2. The van der Waals surface area contributed by atoms with E-state index in [1.165, 1.54) is 22.7 Å². The molecule has 2 amide bonds. The molecular weight excluding hydrogens is 536 g/mol. The Morgan fingerprint density at radius 2 is 1.15 bits per heavy atom. The largest absolute Gasteiger partial charge is 0.462 e. The fourth-order valence-electron chi connectivity index (χ4n) is 5.30. The summed E-state index contributed by atoms with van der Waals surface area (Å²) in [7, 11) is 0. The maximum absolute atomic E-state index is 12.8. The van der Waals surface area contributed by atoms with Crippen LogP contribution in [0.2, 0.25) is 0 Å². The number of nitrogens with one attached hydrogen (secondary N) is 2. The van der Waals surface area contributed by atoms with Crippen LogP contribution in [0.3, 0.4) is 0 Å². The third kappa shape index (κ3) is 6.90. The third-order valence-corrected chi connectivity index (χ3v) is 9.64. The van der Waals surface area contributed by atoms with Gasteiger partial charge in [-0.25, -0.2) is 9.59 Å². The SMILES string of the molecule is CCOC(=O)c1c(NC(=O)CCCC(=O)Nc2sc3c(c2C(=O)OCC)CC[C@@H](C)C3)sc2c1CC[C@@H](C)C2. The summed E-state index contributed by atoms with van der Waals surface area (Å²) in [5.41, 5.74) is 2.96. The molecule has 0 fully saturated rings. The van der Waals surface area contributed by atoms with Crippen LogP contribution < -0.4 is 10.6 Å². The lowest BCUT2D eigenvalue weighted by Crippen LogP contribution is -2.18. The van der Waals surface area contributed by atoms with Gasteiger partial charge in [-0.1, -0.05) is 13.8 Å². The van der Waals surface area contributed by atoms with Gasteiger partial charge in [0.2, 0.25) is 11.8 Å². The van der Waals surface area contributed by atoms with Crippen molar-refractivity contribution in [3.8, 4) is 0 Å². The lowest BCUT2D eigenvalue weighted by Gasteiger charge is -2.18. The average Bonchev–Trinajstić information content (AvgIpc) is 3.40. The highest BCUT2D eigenvalue weighted by Crippen LogP contribution is 2.41. The zero-order valence-corrected chi connectivity index (χ0v) is 24.8. The smallest absolute Gasteiger partial charge is 0.341 e. The summed E-state index contributed by atoms with van der Waals surface area (Å²) >= 11 is 2.91. The number of ether oxygens (including phenoxy) is 2. The first-order valence-electron chi connectivity index (χ1n) is 13.9. The topological polar surface area (TPSA) is 111 Å². The van der Waals surface area contributed by atoms with Gasteiger partial charge in [0.15, 0.2) is 0 Å². The minimum Gasteiger partial charge on any atom is -0.462 e. The Morgan fingerprint density at radius 3 is 1.54 bits per heavy atom. The molecule has 4 rings (SSSR count). The van der Waals surface area contributed by atoms with E-state index < -0.39 is 11.9 Å². The molecule has 0 aromatic carbocycles. The standard InChI is InChI=1S/C29H38N2O6S2/c1-5-36-28(34)24-18-12-10-16(3)14-20(18)38-26(24)30-22(32)8-7-9-23(33)31-27-25(29(35)37-6-2)19-13-11-17(4)15-21(19)39-27/h16-17H,5-15H2,1-4H3,(H,30,32)(H,31,33)/t16-,17-/m1/s1. The maximum atomic E-state index is 12.8. The molecule has 0 spiro atoms. The lowest BCUT2D eigenvalue weighted by atomic mass is 9.88. The van der Waals surface area contributed by atoms with Crippen LogP contribution in [-0.2, 0) is 44.7 Å². The van der Waals surface area contributed by atoms with E-state index >= 15 is 0 Å². The van der Waals surface area contributed by atoms with Crippen LogP contribution in [-0.4, -0.2) is 37.0 Å². The second kappa shape index (κ2) is 13.1. The molecular formula is C29H38N2O6S2. The molecule has 2 N–H and O–H groups in total. The summed E-state index contributed by atoms with van der Waals surface area (Å²) in [5.74, 6) is -0.209. The summed E-state index contributed by atoms with van der Waals surface area (Å²) < 4.78 is 10.6. The van der Waals surface area contributed by atoms with Gasteiger partial charge >= 0.3 is 11.9 Å². The monoisotopic (exact) mass is 574 g/mol. The molecule has 39 heavy (non-hydrogen) atoms. The number of hydrogen-bond donors (Lipinski definition) is 2. The molecule has 0 bridgehead atoms. The van der Waals surface area contributed by atoms with E-state index in [0.717, 1.165) is 59.4 Å². The van der Waals surface area contributed by atoms with Gasteiger partial charge in [-0.05, 0) is 81.8 Å². The summed E-state index contributed by atoms with van der Waals surface area (Å²) in [4.78, 5) is 53.2. The second-order valence-electron chi connectivity index (χ2n) is 10.5. The highest BCUT2D eigenvalue weighted by Gasteiger charge is 2.30. The third-order valence-electron chi connectivity index (χ3n) is 7.30. The highest BCUT2D eigenvalue weighted by atomic mass is 32.1. The Balaban J connectivity index is 1.37. The number of anilines is 2. The first-order chi connectivity index (χ1) is 18.7. The van der Waals surface area contributed by atoms with Gasteiger partial charge in [0.05, 0.1) is 24.3 Å². The number of carbonyl (C=O) groups is 4. The van der Waals surface area contributed by atoms with E-state index in [0.29, 0.717) is 39.4 Å². The van der Waals surface area contributed by atoms with Crippen molar-refractivity contribution in [3.05, 3.63) is 32.0 Å². The molecule has 10 heteroatoms. The van der Waals surface area contributed by atoms with Crippen molar-refractivity contribution in [1.82, 2.24) is 0 Å². The minimum atomic E-state index is -0.398. The fourth-order valence-corrected chi connectivity index (χ4v) is 8.13. The second-order valence-corrected chi connectivity index (χ2v) is 12.7. The molecule has 0 saturated heterocycles. The van der Waals surface area contributed by atoms with E-state index in [4.69, 9.17) is 9.47 Å². The van der Waals surface area contributed by atoms with Crippen molar-refractivity contribution >= 4 is 56.4 Å². The Kier molecular flexibility index (Phi) is 9.82. The summed E-state index contributed by atoms with van der Waals surface area (Å²) in [5, 5.41) is 6.90. The Hall–Kier alpha value is -2.72. The number of hydrogen-bond acceptors (Lipinski definition) is 8. The van der Waals surface area contributed by atoms with Gasteiger partial charge in [0.1, 0.15) is 10.0 Å². The molecule has 0 aliphatic heterocycles. The summed E-state index contributed by atoms with van der Waals surface area (Å²) in [6.07, 6.45) is 6.00. The molecule has 2 aromatic heterocycles. The number of rotatable bonds is 10. The predicted molar refractivity (Wildman–Crippen MR) is 154 cm³/mol. The quantitative estimate of drug-likeness (QED) is 0.329. The van der Waals surface area contributed by atoms with Gasteiger partial charge in [-0.2, -0.15) is 0 Å². The van der Waals surface area contributed by atoms with E-state index in [1.54, 1.807) is 13.8 Å². The molecule has 8 nitrogen and oxygen atoms in total. The van der Waals surface area contributed by atoms with Crippen molar-refractivity contribution in [1.29, 1.82) is 0 Å². The normalized spacial score (nSPS) is 18.1. The van der Waals surface area contributed by atoms with Crippen LogP contribution in [0.1, 0.15) is 101 Å². The summed E-state index contributed by atoms with van der Waals surface area (Å²) in [6, 6.07) is 0. The lowest BCUT2D eigenvalue weighted by molar-refractivity contribution is -0.117. The Labute approximate surface area is 237 Å². The molecule has 2 aliphatic carbocycles. The minimum absolute atomic E-state index is 0.137. The highest BCUT2D eigenvalue weighted by molar-refractivity contribution is 7.17. The molecule has 2 atom stereocenters. The molecule has 212 valence electrons. The zero-order valence-electron chi connectivity index (χ0n) is 23.2. The van der Waals surface area contributed by atoms with Gasteiger partial charge in [-0.3, -0.25) is 9.59 Å². The fraction of sp³-hybridized carbons (Fsp3) is 0.586. The van der Waals surface area contributed by atoms with E-state index in [-0.39, 0.29) is 37.9 Å². The first-order valence-corrected chi connectivity index (χ1v) is 15.6. The van der Waals surface area contributed by atoms with Gasteiger partial charge in [0, 0.05) is 22.6 Å². The van der Waals surface area contributed by atoms with Gasteiger partial charge in [0.25, 0.3) is 0 Å². The first kappa shape index (κ1) is 29.3. The van der Waals surface area contributed by atoms with Crippen molar-refractivity contribution < 1.29 is 28.7 Å². The Morgan fingerprint density at radius 1 is 0.744 bits per heavy atom. The zero-order chi connectivity index (χ0) is 28.1. The van der Waals surface area contributed by atoms with Crippen LogP contribution in [0.25, 0.3) is 0 Å². The van der Waals surface area contributed by atoms with Crippen LogP contribution in [0.15, 0.2) is 0 Å². The van der Waals surface area contributed by atoms with Crippen molar-refractivity contribution in [3.63, 3.8) is 0 Å². The van der Waals surface area contributed by atoms with Crippen molar-refractivity contribution in [2.45, 2.75) is 85.5 Å². The van der Waals surface area contributed by atoms with Crippen LogP contribution >= 0.6 is 22.7 Å². The molecule has 2 aromatic rings. The van der Waals surface area contributed by atoms with Crippen LogP contribution in [0.5, 0.6) is 0 Å². The molecule has 2 heterocycles. The summed E-state index contributed by atoms with van der Waals surface area (Å²) in [6.45, 7) is 8.46. The van der Waals surface area contributed by atoms with Crippen LogP contribution in [0, 0.1) is 11.8 Å². The van der Waals surface area contributed by atoms with E-state index in [9.17, 15) is 19.2 Å². The molecule has 0 saturated carbocycles. The van der Waals surface area contributed by atoms with Gasteiger partial charge in [-0.15, -0.1) is 22.7 Å². The molecule has 0 unspecified atom stereocenters.